The fourth-order valence-corrected chi connectivity index (χ4v) is 3.35. The summed E-state index contributed by atoms with van der Waals surface area (Å²) in [6.45, 7) is 0.314. The van der Waals surface area contributed by atoms with Crippen LogP contribution < -0.4 is 5.32 Å². The Morgan fingerprint density at radius 1 is 1.58 bits per heavy atom. The van der Waals surface area contributed by atoms with Crippen LogP contribution in [0.4, 0.5) is 4.39 Å². The minimum absolute atomic E-state index is 0.0424. The maximum absolute atomic E-state index is 13.0. The quantitative estimate of drug-likeness (QED) is 0.938. The van der Waals surface area contributed by atoms with Crippen molar-refractivity contribution in [1.29, 1.82) is 0 Å². The third-order valence-corrected chi connectivity index (χ3v) is 4.54. The van der Waals surface area contributed by atoms with Crippen LogP contribution in [0.2, 0.25) is 0 Å². The topological polar surface area (TPSA) is 55.1 Å². The maximum atomic E-state index is 13.0. The van der Waals surface area contributed by atoms with Gasteiger partial charge in [0.25, 0.3) is 0 Å². The van der Waals surface area contributed by atoms with Gasteiger partial charge >= 0.3 is 0 Å². The Morgan fingerprint density at radius 2 is 2.47 bits per heavy atom. The lowest BCUT2D eigenvalue weighted by atomic mass is 10.2. The standard InChI is InChI=1S/C13H13FN2O2S/c14-8-3-4-9-10(16-18-11(9)6-8)7-15-13(17)12-2-1-5-19-12/h3-4,6,12H,1-2,5,7H2,(H,15,17). The van der Waals surface area contributed by atoms with Gasteiger partial charge in [-0.1, -0.05) is 5.16 Å². The number of aromatic nitrogens is 1. The summed E-state index contributed by atoms with van der Waals surface area (Å²) < 4.78 is 18.0. The van der Waals surface area contributed by atoms with E-state index in [1.165, 1.54) is 12.1 Å². The number of nitrogens with zero attached hydrogens (tertiary/aromatic N) is 1. The van der Waals surface area contributed by atoms with Crippen molar-refractivity contribution in [3.8, 4) is 0 Å². The highest BCUT2D eigenvalue weighted by molar-refractivity contribution is 8.00. The summed E-state index contributed by atoms with van der Waals surface area (Å²) in [6, 6.07) is 4.27. The van der Waals surface area contributed by atoms with Gasteiger partial charge in [0.2, 0.25) is 5.91 Å². The summed E-state index contributed by atoms with van der Waals surface area (Å²) in [5.74, 6) is 0.729. The number of hydrogen-bond acceptors (Lipinski definition) is 4. The highest BCUT2D eigenvalue weighted by atomic mass is 32.2. The number of thioether (sulfide) groups is 1. The average molecular weight is 280 g/mol. The summed E-state index contributed by atoms with van der Waals surface area (Å²) in [5, 5.41) is 7.52. The van der Waals surface area contributed by atoms with Crippen LogP contribution in [-0.4, -0.2) is 22.1 Å². The first kappa shape index (κ1) is 12.5. The number of rotatable bonds is 3. The Labute approximate surface area is 113 Å². The zero-order valence-electron chi connectivity index (χ0n) is 10.2. The van der Waals surface area contributed by atoms with Gasteiger partial charge in [0, 0.05) is 11.5 Å². The van der Waals surface area contributed by atoms with Gasteiger partial charge in [-0.3, -0.25) is 4.79 Å². The second kappa shape index (κ2) is 5.21. The van der Waals surface area contributed by atoms with Crippen LogP contribution >= 0.6 is 11.8 Å². The van der Waals surface area contributed by atoms with E-state index in [0.717, 1.165) is 24.0 Å². The lowest BCUT2D eigenvalue weighted by Gasteiger charge is -2.08. The normalized spacial score (nSPS) is 18.9. The number of fused-ring (bicyclic) bond motifs is 1. The highest BCUT2D eigenvalue weighted by Gasteiger charge is 2.23. The van der Waals surface area contributed by atoms with Crippen LogP contribution in [0.1, 0.15) is 18.5 Å². The number of carbonyl (C=O) groups is 1. The molecule has 19 heavy (non-hydrogen) atoms. The molecule has 1 atom stereocenters. The fraction of sp³-hybridized carbons (Fsp3) is 0.385. The lowest BCUT2D eigenvalue weighted by molar-refractivity contribution is -0.120. The minimum Gasteiger partial charge on any atom is -0.356 e. The minimum atomic E-state index is -0.360. The molecular formula is C13H13FN2O2S. The molecule has 1 aromatic carbocycles. The SMILES string of the molecule is O=C(NCc1noc2cc(F)ccc12)C1CCCS1. The molecule has 2 aromatic rings. The zero-order chi connectivity index (χ0) is 13.2. The molecule has 0 radical (unpaired) electrons. The fourth-order valence-electron chi connectivity index (χ4n) is 2.16. The average Bonchev–Trinajstić information content (AvgIpc) is 3.05. The summed E-state index contributed by atoms with van der Waals surface area (Å²) in [4.78, 5) is 11.9. The van der Waals surface area contributed by atoms with Gasteiger partial charge in [0.1, 0.15) is 11.5 Å². The number of halogens is 1. The van der Waals surface area contributed by atoms with Crippen molar-refractivity contribution >= 4 is 28.6 Å². The maximum Gasteiger partial charge on any atom is 0.233 e. The smallest absolute Gasteiger partial charge is 0.233 e. The van der Waals surface area contributed by atoms with Crippen molar-refractivity contribution in [2.45, 2.75) is 24.6 Å². The first-order valence-electron chi connectivity index (χ1n) is 6.17. The zero-order valence-corrected chi connectivity index (χ0v) is 11.0. The molecular weight excluding hydrogens is 267 g/mol. The molecule has 1 unspecified atom stereocenters. The monoisotopic (exact) mass is 280 g/mol. The third-order valence-electron chi connectivity index (χ3n) is 3.16. The molecule has 1 fully saturated rings. The first-order chi connectivity index (χ1) is 9.24. The molecule has 1 amide bonds. The van der Waals surface area contributed by atoms with E-state index in [2.05, 4.69) is 10.5 Å². The van der Waals surface area contributed by atoms with Crippen LogP contribution in [0, 0.1) is 5.82 Å². The predicted molar refractivity (Wildman–Crippen MR) is 71.3 cm³/mol. The van der Waals surface area contributed by atoms with Crippen molar-refractivity contribution in [1.82, 2.24) is 10.5 Å². The van der Waals surface area contributed by atoms with Crippen molar-refractivity contribution in [2.75, 3.05) is 5.75 Å². The van der Waals surface area contributed by atoms with Crippen LogP contribution in [0.3, 0.4) is 0 Å². The Kier molecular flexibility index (Phi) is 3.42. The van der Waals surface area contributed by atoms with Crippen LogP contribution in [0.15, 0.2) is 22.7 Å². The highest BCUT2D eigenvalue weighted by Crippen LogP contribution is 2.26. The van der Waals surface area contributed by atoms with Crippen molar-refractivity contribution in [3.05, 3.63) is 29.7 Å². The van der Waals surface area contributed by atoms with Crippen molar-refractivity contribution in [3.63, 3.8) is 0 Å². The van der Waals surface area contributed by atoms with Gasteiger partial charge in [-0.05, 0) is 30.7 Å². The Morgan fingerprint density at radius 3 is 3.26 bits per heavy atom. The van der Waals surface area contributed by atoms with Crippen molar-refractivity contribution < 1.29 is 13.7 Å². The van der Waals surface area contributed by atoms with E-state index in [4.69, 9.17) is 4.52 Å². The van der Waals surface area contributed by atoms with E-state index in [9.17, 15) is 9.18 Å². The van der Waals surface area contributed by atoms with Gasteiger partial charge in [0.05, 0.1) is 11.8 Å². The number of amides is 1. The van der Waals surface area contributed by atoms with E-state index in [1.807, 2.05) is 0 Å². The number of nitrogens with one attached hydrogen (secondary N) is 1. The third kappa shape index (κ3) is 2.58. The molecule has 3 rings (SSSR count). The van der Waals surface area contributed by atoms with Crippen molar-refractivity contribution in [2.24, 2.45) is 0 Å². The molecule has 1 aromatic heterocycles. The molecule has 1 saturated heterocycles. The second-order valence-electron chi connectivity index (χ2n) is 4.49. The molecule has 0 bridgehead atoms. The largest absolute Gasteiger partial charge is 0.356 e. The molecule has 0 aliphatic carbocycles. The van der Waals surface area contributed by atoms with E-state index in [-0.39, 0.29) is 17.0 Å². The van der Waals surface area contributed by atoms with E-state index >= 15 is 0 Å². The number of benzene rings is 1. The lowest BCUT2D eigenvalue weighted by Crippen LogP contribution is -2.30. The predicted octanol–water partition coefficient (Wildman–Crippen LogP) is 2.48. The molecule has 4 nitrogen and oxygen atoms in total. The van der Waals surface area contributed by atoms with Gasteiger partial charge in [-0.15, -0.1) is 11.8 Å². The van der Waals surface area contributed by atoms with E-state index in [0.29, 0.717) is 17.8 Å². The molecule has 6 heteroatoms. The molecule has 0 spiro atoms. The molecule has 100 valence electrons. The second-order valence-corrected chi connectivity index (χ2v) is 5.80. The van der Waals surface area contributed by atoms with E-state index < -0.39 is 0 Å². The van der Waals surface area contributed by atoms with Crippen LogP contribution in [0.5, 0.6) is 0 Å². The number of hydrogen-bond donors (Lipinski definition) is 1. The Hall–Kier alpha value is -1.56. The molecule has 0 saturated carbocycles. The van der Waals surface area contributed by atoms with Crippen LogP contribution in [0.25, 0.3) is 11.0 Å². The summed E-state index contributed by atoms with van der Waals surface area (Å²) in [5.41, 5.74) is 1.03. The van der Waals surface area contributed by atoms with Gasteiger partial charge in [-0.25, -0.2) is 4.39 Å². The van der Waals surface area contributed by atoms with Crippen LogP contribution in [-0.2, 0) is 11.3 Å². The molecule has 1 aliphatic heterocycles. The summed E-state index contributed by atoms with van der Waals surface area (Å²) in [7, 11) is 0. The molecule has 1 N–H and O–H groups in total. The number of carbonyl (C=O) groups excluding carboxylic acids is 1. The summed E-state index contributed by atoms with van der Waals surface area (Å²) >= 11 is 1.69. The van der Waals surface area contributed by atoms with E-state index in [1.54, 1.807) is 17.8 Å². The van der Waals surface area contributed by atoms with Gasteiger partial charge in [-0.2, -0.15) is 0 Å². The summed E-state index contributed by atoms with van der Waals surface area (Å²) in [6.07, 6.45) is 2.02. The Balaban J connectivity index is 1.69. The first-order valence-corrected chi connectivity index (χ1v) is 7.22. The van der Waals surface area contributed by atoms with Gasteiger partial charge < -0.3 is 9.84 Å². The molecule has 1 aliphatic rings. The molecule has 2 heterocycles. The van der Waals surface area contributed by atoms with Gasteiger partial charge in [0.15, 0.2) is 5.58 Å². The Bertz CT molecular complexity index is 608.